The van der Waals surface area contributed by atoms with Crippen LogP contribution in [0.2, 0.25) is 0 Å². The summed E-state index contributed by atoms with van der Waals surface area (Å²) in [4.78, 5) is 52.0. The van der Waals surface area contributed by atoms with Crippen molar-refractivity contribution >= 4 is 46.7 Å². The summed E-state index contributed by atoms with van der Waals surface area (Å²) in [6, 6.07) is 2.09. The van der Waals surface area contributed by atoms with Crippen molar-refractivity contribution in [1.82, 2.24) is 15.3 Å². The average molecular weight is 1100 g/mol. The lowest BCUT2D eigenvalue weighted by atomic mass is 10.1. The summed E-state index contributed by atoms with van der Waals surface area (Å²) < 4.78 is 113. The summed E-state index contributed by atoms with van der Waals surface area (Å²) in [6.45, 7) is 13.5. The van der Waals surface area contributed by atoms with Gasteiger partial charge in [0.25, 0.3) is 5.91 Å². The number of phenols is 1. The van der Waals surface area contributed by atoms with E-state index >= 15 is 0 Å². The van der Waals surface area contributed by atoms with Gasteiger partial charge in [0.1, 0.15) is 5.84 Å². The molecule has 4 N–H and O–H groups in total. The molecule has 1 aromatic heterocycles. The van der Waals surface area contributed by atoms with Crippen molar-refractivity contribution in [3.63, 3.8) is 0 Å². The highest BCUT2D eigenvalue weighted by Crippen LogP contribution is 2.36. The van der Waals surface area contributed by atoms with Crippen LogP contribution in [0.1, 0.15) is 55.7 Å². The Morgan fingerprint density at radius 3 is 1.65 bits per heavy atom. The number of benzene rings is 1. The molecule has 4 rings (SSSR count). The summed E-state index contributed by atoms with van der Waals surface area (Å²) in [7, 11) is 0. The lowest BCUT2D eigenvalue weighted by molar-refractivity contribution is -0.180. The van der Waals surface area contributed by atoms with Gasteiger partial charge >= 0.3 is 5.97 Å². The first-order valence-electron chi connectivity index (χ1n) is 25.1. The highest BCUT2D eigenvalue weighted by Gasteiger charge is 2.29. The zero-order valence-corrected chi connectivity index (χ0v) is 43.7. The van der Waals surface area contributed by atoms with Crippen LogP contribution in [0.3, 0.4) is 0 Å². The van der Waals surface area contributed by atoms with Gasteiger partial charge in [-0.25, -0.2) is 10.1 Å². The van der Waals surface area contributed by atoms with Gasteiger partial charge in [0.2, 0.25) is 34.9 Å². The van der Waals surface area contributed by atoms with E-state index in [1.165, 1.54) is 5.06 Å². The van der Waals surface area contributed by atoms with Gasteiger partial charge in [-0.05, 0) is 31.9 Å². The van der Waals surface area contributed by atoms with E-state index in [0.717, 1.165) is 41.4 Å². The number of carbonyl (C=O) groups is 3. The molecule has 0 radical (unpaired) electrons. The highest BCUT2D eigenvalue weighted by atomic mass is 32.1. The number of halogens is 4. The molecule has 1 saturated heterocycles. The molecular formula is C49H73F4N5O16S. The van der Waals surface area contributed by atoms with Crippen molar-refractivity contribution in [3.8, 4) is 11.5 Å². The number of phenolic OH excluding ortho intramolecular Hbond substituents is 1. The topological polar surface area (TPSA) is 239 Å². The number of carbonyl (C=O) groups excluding carboxylic acids is 3. The number of nitrogens with two attached hydrogens (primary N) is 1. The van der Waals surface area contributed by atoms with E-state index in [-0.39, 0.29) is 57.1 Å². The van der Waals surface area contributed by atoms with Crippen LogP contribution in [0, 0.1) is 23.3 Å². The first-order chi connectivity index (χ1) is 36.4. The number of hydroxylamine groups is 2. The fourth-order valence-corrected chi connectivity index (χ4v) is 8.18. The maximum Gasteiger partial charge on any atom is 0.313 e. The monoisotopic (exact) mass is 1100 g/mol. The highest BCUT2D eigenvalue weighted by molar-refractivity contribution is 7.13. The summed E-state index contributed by atoms with van der Waals surface area (Å²) >= 11 is 1.60. The number of likely N-dealkylation sites (tertiary alicyclic amines) is 1. The van der Waals surface area contributed by atoms with E-state index in [1.54, 1.807) is 11.3 Å². The van der Waals surface area contributed by atoms with Gasteiger partial charge in [-0.2, -0.15) is 17.6 Å². The van der Waals surface area contributed by atoms with Crippen molar-refractivity contribution in [2.24, 2.45) is 10.7 Å². The predicted octanol–water partition coefficient (Wildman–Crippen LogP) is 4.22. The second-order valence-electron chi connectivity index (χ2n) is 16.6. The van der Waals surface area contributed by atoms with Crippen LogP contribution in [0.5, 0.6) is 11.5 Å². The third kappa shape index (κ3) is 24.6. The SMILES string of the molecule is CCCN(OCC)C(=O)C1=Cc2sc(CN3CCC(NC(=O)CCOCCOCCOCCOCCOCCOCCOCCOCCOCCOCCC(=O)Oc4c(F)c(F)c(O)c(F)c4F)C3)cc2N=C(N)C1. The molecule has 0 bridgehead atoms. The van der Waals surface area contributed by atoms with Crippen LogP contribution in [0.15, 0.2) is 16.6 Å². The molecule has 75 heavy (non-hydrogen) atoms. The van der Waals surface area contributed by atoms with Crippen LogP contribution >= 0.6 is 11.3 Å². The first kappa shape index (κ1) is 63.1. The molecule has 0 spiro atoms. The number of nitrogens with one attached hydrogen (secondary N) is 1. The predicted molar refractivity (Wildman–Crippen MR) is 265 cm³/mol. The fraction of sp³-hybridized carbons (Fsp3) is 0.673. The number of aliphatic imine (C=N–C) groups is 1. The number of nitrogens with zero attached hydrogens (tertiary/aromatic N) is 3. The molecule has 1 atom stereocenters. The van der Waals surface area contributed by atoms with Crippen molar-refractivity contribution in [3.05, 3.63) is 44.7 Å². The van der Waals surface area contributed by atoms with Crippen molar-refractivity contribution in [2.45, 2.75) is 58.5 Å². The van der Waals surface area contributed by atoms with Gasteiger partial charge in [-0.1, -0.05) is 6.92 Å². The number of hydrogen-bond donors (Lipinski definition) is 3. The summed E-state index contributed by atoms with van der Waals surface area (Å²) in [5.74, 6) is -12.7. The summed E-state index contributed by atoms with van der Waals surface area (Å²) in [5.41, 5.74) is 7.53. The van der Waals surface area contributed by atoms with Crippen molar-refractivity contribution < 1.29 is 94.0 Å². The quantitative estimate of drug-likeness (QED) is 0.0211. The van der Waals surface area contributed by atoms with E-state index in [9.17, 15) is 31.9 Å². The molecule has 2 amide bonds. The number of fused-ring (bicyclic) bond motifs is 1. The standard InChI is InChI=1S/C49H73F4N5O16S/c1-3-8-58(73-4-2)49(62)35-30-39-38(56-40(54)31-35)32-37(75-39)34-57-9-5-36(33-57)55-41(59)6-10-63-12-14-65-16-18-67-20-22-69-24-26-71-28-29-72-27-25-70-23-21-68-19-17-66-15-13-64-11-7-42(60)74-48-45(52)43(50)47(61)44(51)46(48)53/h30,32,36,61H,3-29,31,33-34H2,1-2H3,(H2,54,56)(H,55,59). The average Bonchev–Trinajstić information content (AvgIpc) is 3.96. The number of amides is 2. The molecule has 1 unspecified atom stereocenters. The van der Waals surface area contributed by atoms with Crippen LogP contribution in [-0.2, 0) is 73.1 Å². The van der Waals surface area contributed by atoms with E-state index < -0.39 is 47.2 Å². The van der Waals surface area contributed by atoms with Crippen LogP contribution in [-0.4, -0.2) is 203 Å². The normalized spacial score (nSPS) is 14.7. The van der Waals surface area contributed by atoms with Crippen molar-refractivity contribution in [2.75, 3.05) is 158 Å². The Hall–Kier alpha value is -4.42. The molecule has 2 aliphatic heterocycles. The van der Waals surface area contributed by atoms with Gasteiger partial charge in [0, 0.05) is 55.5 Å². The van der Waals surface area contributed by atoms with Crippen LogP contribution in [0.25, 0.3) is 6.08 Å². The minimum absolute atomic E-state index is 0.0480. The Morgan fingerprint density at radius 2 is 1.19 bits per heavy atom. The molecule has 0 aliphatic carbocycles. The number of hydrogen-bond acceptors (Lipinski definition) is 20. The number of aromatic hydroxyl groups is 1. The smallest absolute Gasteiger partial charge is 0.313 e. The number of amidine groups is 1. The Labute approximate surface area is 438 Å². The lowest BCUT2D eigenvalue weighted by Crippen LogP contribution is -2.37. The lowest BCUT2D eigenvalue weighted by Gasteiger charge is -2.21. The van der Waals surface area contributed by atoms with Gasteiger partial charge in [0.05, 0.1) is 156 Å². The molecule has 3 heterocycles. The number of thiophene rings is 1. The van der Waals surface area contributed by atoms with E-state index in [1.807, 2.05) is 26.0 Å². The third-order valence-corrected chi connectivity index (χ3v) is 11.7. The molecular weight excluding hydrogens is 1020 g/mol. The van der Waals surface area contributed by atoms with Gasteiger partial charge in [-0.3, -0.25) is 24.1 Å². The zero-order chi connectivity index (χ0) is 54.0. The number of esters is 1. The Morgan fingerprint density at radius 1 is 0.720 bits per heavy atom. The molecule has 0 saturated carbocycles. The molecule has 26 heteroatoms. The van der Waals surface area contributed by atoms with Crippen LogP contribution < -0.4 is 15.8 Å². The minimum Gasteiger partial charge on any atom is -0.503 e. The summed E-state index contributed by atoms with van der Waals surface area (Å²) in [6.07, 6.45) is 3.58. The molecule has 21 nitrogen and oxygen atoms in total. The second-order valence-corrected chi connectivity index (χ2v) is 17.7. The Bertz CT molecular complexity index is 2040. The van der Waals surface area contributed by atoms with E-state index in [2.05, 4.69) is 19.9 Å². The second kappa shape index (κ2) is 37.4. The number of ether oxygens (including phenoxy) is 11. The maximum atomic E-state index is 13.7. The molecule has 424 valence electrons. The first-order valence-corrected chi connectivity index (χ1v) is 25.9. The summed E-state index contributed by atoms with van der Waals surface area (Å²) in [5, 5.41) is 13.5. The molecule has 2 aromatic rings. The number of rotatable bonds is 42. The third-order valence-electron chi connectivity index (χ3n) is 10.6. The van der Waals surface area contributed by atoms with Crippen molar-refractivity contribution in [1.29, 1.82) is 0 Å². The Balaban J connectivity index is 0.836. The minimum atomic E-state index is -2.08. The molecule has 1 aromatic carbocycles. The van der Waals surface area contributed by atoms with Gasteiger partial charge in [-0.15, -0.1) is 11.3 Å². The van der Waals surface area contributed by atoms with E-state index in [4.69, 9.17) is 63.0 Å². The van der Waals surface area contributed by atoms with Crippen LogP contribution in [0.4, 0.5) is 23.2 Å². The molecule has 1 fully saturated rings. The molecule has 2 aliphatic rings. The fourth-order valence-electron chi connectivity index (χ4n) is 7.07. The van der Waals surface area contributed by atoms with Gasteiger partial charge in [0.15, 0.2) is 5.75 Å². The largest absolute Gasteiger partial charge is 0.503 e. The Kier molecular flexibility index (Phi) is 31.4. The van der Waals surface area contributed by atoms with Gasteiger partial charge < -0.3 is 68.3 Å². The zero-order valence-electron chi connectivity index (χ0n) is 42.9. The maximum absolute atomic E-state index is 13.7. The van der Waals surface area contributed by atoms with E-state index in [0.29, 0.717) is 137 Å².